The highest BCUT2D eigenvalue weighted by Crippen LogP contribution is 2.72. The van der Waals surface area contributed by atoms with Gasteiger partial charge in [0.15, 0.2) is 0 Å². The Morgan fingerprint density at radius 2 is 1.65 bits per heavy atom. The zero-order chi connectivity index (χ0) is 23.1. The van der Waals surface area contributed by atoms with Crippen LogP contribution in [-0.2, 0) is 19.1 Å². The predicted octanol–water partition coefficient (Wildman–Crippen LogP) is 1.97. The first kappa shape index (κ1) is 22.7. The van der Waals surface area contributed by atoms with E-state index >= 15 is 0 Å². The minimum Gasteiger partial charge on any atom is -0.462 e. The minimum absolute atomic E-state index is 0.0722. The van der Waals surface area contributed by atoms with E-state index in [1.807, 2.05) is 13.8 Å². The fourth-order valence-electron chi connectivity index (χ4n) is 8.52. The SMILES string of the molecule is C=C1[C@@H]2C[C@H](O)[C@H]3[C@]4(C)CC[C@H](OC(C)=O)C(C)(C)[C@H]4[C@@H](O)[C@H](OC(C)=O)[C@]3(C2)[C@@H]1O. The molecule has 0 aromatic rings. The van der Waals surface area contributed by atoms with Gasteiger partial charge in [0, 0.05) is 36.5 Å². The molecule has 0 unspecified atom stereocenters. The maximum absolute atomic E-state index is 12.1. The molecule has 4 saturated carbocycles. The zero-order valence-corrected chi connectivity index (χ0v) is 19.1. The number of carbonyl (C=O) groups is 2. The monoisotopic (exact) mass is 436 g/mol. The third kappa shape index (κ3) is 2.89. The fourth-order valence-corrected chi connectivity index (χ4v) is 8.52. The highest BCUT2D eigenvalue weighted by molar-refractivity contribution is 5.67. The van der Waals surface area contributed by atoms with E-state index in [9.17, 15) is 24.9 Å². The second kappa shape index (κ2) is 7.03. The zero-order valence-electron chi connectivity index (χ0n) is 19.1. The lowest BCUT2D eigenvalue weighted by atomic mass is 9.38. The van der Waals surface area contributed by atoms with Gasteiger partial charge in [0.25, 0.3) is 0 Å². The lowest BCUT2D eigenvalue weighted by Gasteiger charge is -2.68. The van der Waals surface area contributed by atoms with Crippen LogP contribution in [-0.4, -0.2) is 57.8 Å². The van der Waals surface area contributed by atoms with Crippen LogP contribution in [0.3, 0.4) is 0 Å². The minimum atomic E-state index is -1.08. The smallest absolute Gasteiger partial charge is 0.303 e. The standard InChI is InChI=1S/C24H36O7/c1-11-14-9-15(27)18-23(6)8-7-16(30-12(2)25)22(4,5)19(23)17(28)21(31-13(3)26)24(18,10-14)20(11)29/h14-21,27-29H,1,7-10H2,2-6H3/t14-,15+,16+,17-,18+,19-,20-,21+,23+,24+/m1/s1. The Morgan fingerprint density at radius 3 is 2.23 bits per heavy atom. The molecule has 1 spiro atoms. The molecule has 0 radical (unpaired) electrons. The molecule has 0 amide bonds. The molecule has 2 bridgehead atoms. The average molecular weight is 437 g/mol. The summed E-state index contributed by atoms with van der Waals surface area (Å²) in [5.74, 6) is -1.78. The number of fused-ring (bicyclic) bond motifs is 3. The number of aliphatic hydroxyl groups excluding tert-OH is 3. The Labute approximate surface area is 183 Å². The number of hydrogen-bond acceptors (Lipinski definition) is 7. The second-order valence-corrected chi connectivity index (χ2v) is 11.2. The molecule has 31 heavy (non-hydrogen) atoms. The third-order valence-corrected chi connectivity index (χ3v) is 9.25. The molecule has 0 aromatic carbocycles. The van der Waals surface area contributed by atoms with Crippen LogP contribution in [0.2, 0.25) is 0 Å². The van der Waals surface area contributed by atoms with Gasteiger partial charge in [-0.05, 0) is 42.6 Å². The van der Waals surface area contributed by atoms with Crippen LogP contribution >= 0.6 is 0 Å². The highest BCUT2D eigenvalue weighted by Gasteiger charge is 2.76. The molecule has 7 nitrogen and oxygen atoms in total. The van der Waals surface area contributed by atoms with Crippen molar-refractivity contribution >= 4 is 11.9 Å². The summed E-state index contributed by atoms with van der Waals surface area (Å²) in [4.78, 5) is 23.9. The summed E-state index contributed by atoms with van der Waals surface area (Å²) in [5.41, 5.74) is -1.51. The van der Waals surface area contributed by atoms with Crippen molar-refractivity contribution < 1.29 is 34.4 Å². The maximum atomic E-state index is 12.1. The van der Waals surface area contributed by atoms with Gasteiger partial charge in [-0.1, -0.05) is 27.4 Å². The largest absolute Gasteiger partial charge is 0.462 e. The van der Waals surface area contributed by atoms with Crippen molar-refractivity contribution in [2.75, 3.05) is 0 Å². The van der Waals surface area contributed by atoms with E-state index in [2.05, 4.69) is 13.5 Å². The number of rotatable bonds is 2. The Kier molecular flexibility index (Phi) is 5.16. The molecule has 4 aliphatic carbocycles. The highest BCUT2D eigenvalue weighted by atomic mass is 16.6. The van der Waals surface area contributed by atoms with Crippen LogP contribution < -0.4 is 0 Å². The van der Waals surface area contributed by atoms with Crippen molar-refractivity contribution in [1.82, 2.24) is 0 Å². The van der Waals surface area contributed by atoms with Gasteiger partial charge < -0.3 is 24.8 Å². The summed E-state index contributed by atoms with van der Waals surface area (Å²) in [6.45, 7) is 12.8. The lowest BCUT2D eigenvalue weighted by Crippen LogP contribution is -2.74. The lowest BCUT2D eigenvalue weighted by molar-refractivity contribution is -0.301. The first-order chi connectivity index (χ1) is 14.3. The van der Waals surface area contributed by atoms with Gasteiger partial charge in [0.2, 0.25) is 0 Å². The molecule has 0 aromatic heterocycles. The van der Waals surface area contributed by atoms with Crippen molar-refractivity contribution in [3.8, 4) is 0 Å². The van der Waals surface area contributed by atoms with E-state index in [0.717, 1.165) is 0 Å². The van der Waals surface area contributed by atoms with Crippen LogP contribution in [0.25, 0.3) is 0 Å². The molecule has 10 atom stereocenters. The van der Waals surface area contributed by atoms with Gasteiger partial charge >= 0.3 is 11.9 Å². The van der Waals surface area contributed by atoms with E-state index in [1.165, 1.54) is 13.8 Å². The van der Waals surface area contributed by atoms with Crippen molar-refractivity contribution in [1.29, 1.82) is 0 Å². The summed E-state index contributed by atoms with van der Waals surface area (Å²) in [6.07, 6.45) is -1.89. The molecule has 3 N–H and O–H groups in total. The summed E-state index contributed by atoms with van der Waals surface area (Å²) < 4.78 is 11.4. The molecule has 4 rings (SSSR count). The molecule has 174 valence electrons. The Hall–Kier alpha value is -1.44. The quantitative estimate of drug-likeness (QED) is 0.448. The maximum Gasteiger partial charge on any atom is 0.303 e. The summed E-state index contributed by atoms with van der Waals surface area (Å²) in [7, 11) is 0. The average Bonchev–Trinajstić information content (AvgIpc) is 2.82. The van der Waals surface area contributed by atoms with E-state index in [4.69, 9.17) is 9.47 Å². The van der Waals surface area contributed by atoms with Crippen LogP contribution in [0, 0.1) is 34.0 Å². The summed E-state index contributed by atoms with van der Waals surface area (Å²) in [6, 6.07) is 0. The van der Waals surface area contributed by atoms with Crippen molar-refractivity contribution in [2.24, 2.45) is 34.0 Å². The van der Waals surface area contributed by atoms with Gasteiger partial charge in [0.1, 0.15) is 12.2 Å². The Morgan fingerprint density at radius 1 is 1.03 bits per heavy atom. The van der Waals surface area contributed by atoms with Crippen LogP contribution in [0.1, 0.15) is 60.3 Å². The number of esters is 2. The topological polar surface area (TPSA) is 113 Å². The molecule has 0 saturated heterocycles. The van der Waals surface area contributed by atoms with Crippen molar-refractivity contribution in [2.45, 2.75) is 90.8 Å². The third-order valence-electron chi connectivity index (χ3n) is 9.25. The van der Waals surface area contributed by atoms with E-state index in [0.29, 0.717) is 31.3 Å². The van der Waals surface area contributed by atoms with E-state index in [-0.39, 0.29) is 17.8 Å². The number of ether oxygens (including phenoxy) is 2. The molecule has 4 aliphatic rings. The van der Waals surface area contributed by atoms with Gasteiger partial charge in [-0.2, -0.15) is 0 Å². The van der Waals surface area contributed by atoms with Crippen LogP contribution in [0.15, 0.2) is 12.2 Å². The van der Waals surface area contributed by atoms with E-state index < -0.39 is 58.7 Å². The Bertz CT molecular complexity index is 806. The summed E-state index contributed by atoms with van der Waals surface area (Å²) in [5, 5.41) is 34.5. The van der Waals surface area contributed by atoms with Crippen LogP contribution in [0.5, 0.6) is 0 Å². The fraction of sp³-hybridized carbons (Fsp3) is 0.833. The first-order valence-electron chi connectivity index (χ1n) is 11.4. The van der Waals surface area contributed by atoms with Crippen molar-refractivity contribution in [3.05, 3.63) is 12.2 Å². The second-order valence-electron chi connectivity index (χ2n) is 11.2. The normalized spacial score (nSPS) is 50.3. The van der Waals surface area contributed by atoms with E-state index in [1.54, 1.807) is 0 Å². The molecular weight excluding hydrogens is 400 g/mol. The number of hydrogen-bond donors (Lipinski definition) is 3. The van der Waals surface area contributed by atoms with Gasteiger partial charge in [-0.15, -0.1) is 0 Å². The first-order valence-corrected chi connectivity index (χ1v) is 11.4. The molecule has 7 heteroatoms. The number of aliphatic hydroxyl groups is 3. The predicted molar refractivity (Wildman–Crippen MR) is 112 cm³/mol. The number of carbonyl (C=O) groups excluding carboxylic acids is 2. The molecule has 4 fully saturated rings. The molecule has 0 aliphatic heterocycles. The van der Waals surface area contributed by atoms with Crippen LogP contribution in [0.4, 0.5) is 0 Å². The van der Waals surface area contributed by atoms with Gasteiger partial charge in [0.05, 0.1) is 18.3 Å². The van der Waals surface area contributed by atoms with Crippen molar-refractivity contribution in [3.63, 3.8) is 0 Å². The summed E-state index contributed by atoms with van der Waals surface area (Å²) >= 11 is 0. The Balaban J connectivity index is 1.89. The molecule has 0 heterocycles. The molecular formula is C24H36O7. The van der Waals surface area contributed by atoms with Gasteiger partial charge in [-0.3, -0.25) is 9.59 Å². The van der Waals surface area contributed by atoms with Gasteiger partial charge in [-0.25, -0.2) is 0 Å².